The molecule has 0 unspecified atom stereocenters. The monoisotopic (exact) mass is 248 g/mol. The summed E-state index contributed by atoms with van der Waals surface area (Å²) in [5.74, 6) is -0.159. The van der Waals surface area contributed by atoms with Crippen LogP contribution in [0.25, 0.3) is 0 Å². The van der Waals surface area contributed by atoms with E-state index in [-0.39, 0.29) is 19.1 Å². The van der Waals surface area contributed by atoms with Crippen LogP contribution in [0.5, 0.6) is 0 Å². The van der Waals surface area contributed by atoms with Crippen molar-refractivity contribution in [3.05, 3.63) is 48.6 Å². The van der Waals surface area contributed by atoms with Gasteiger partial charge in [0, 0.05) is 13.1 Å². The van der Waals surface area contributed by atoms with Crippen molar-refractivity contribution in [1.82, 2.24) is 4.90 Å². The molecule has 3 N–H and O–H groups in total. The van der Waals surface area contributed by atoms with Crippen molar-refractivity contribution in [2.45, 2.75) is 12.5 Å². The van der Waals surface area contributed by atoms with Gasteiger partial charge in [0.05, 0.1) is 12.6 Å². The minimum Gasteiger partial charge on any atom is -0.395 e. The topological polar surface area (TPSA) is 66.6 Å². The molecule has 0 aliphatic heterocycles. The van der Waals surface area contributed by atoms with Crippen molar-refractivity contribution < 1.29 is 9.90 Å². The van der Waals surface area contributed by atoms with Gasteiger partial charge in [-0.3, -0.25) is 4.79 Å². The van der Waals surface area contributed by atoms with Crippen LogP contribution in [-0.2, 0) is 11.2 Å². The van der Waals surface area contributed by atoms with E-state index < -0.39 is 6.04 Å². The second kappa shape index (κ2) is 7.63. The molecule has 0 aliphatic carbocycles. The third-order valence-corrected chi connectivity index (χ3v) is 2.65. The first-order chi connectivity index (χ1) is 8.69. The van der Waals surface area contributed by atoms with Gasteiger partial charge in [-0.1, -0.05) is 36.4 Å². The van der Waals surface area contributed by atoms with Crippen LogP contribution < -0.4 is 5.73 Å². The minimum absolute atomic E-state index is 0.0718. The van der Waals surface area contributed by atoms with Crippen molar-refractivity contribution in [2.24, 2.45) is 5.73 Å². The fourth-order valence-electron chi connectivity index (χ4n) is 1.76. The van der Waals surface area contributed by atoms with Crippen LogP contribution in [0.3, 0.4) is 0 Å². The Kier molecular flexibility index (Phi) is 6.11. The highest BCUT2D eigenvalue weighted by atomic mass is 16.3. The van der Waals surface area contributed by atoms with Crippen molar-refractivity contribution in [1.29, 1.82) is 0 Å². The van der Waals surface area contributed by atoms with Gasteiger partial charge in [0.1, 0.15) is 0 Å². The Hall–Kier alpha value is -1.65. The number of benzene rings is 1. The summed E-state index contributed by atoms with van der Waals surface area (Å²) in [5, 5.41) is 8.91. The summed E-state index contributed by atoms with van der Waals surface area (Å²) < 4.78 is 0. The minimum atomic E-state index is -0.584. The smallest absolute Gasteiger partial charge is 0.240 e. The summed E-state index contributed by atoms with van der Waals surface area (Å²) in [6.07, 6.45) is 2.13. The number of aliphatic hydroxyl groups excluding tert-OH is 1. The molecule has 1 amide bonds. The number of carbonyl (C=O) groups is 1. The van der Waals surface area contributed by atoms with E-state index in [0.29, 0.717) is 13.0 Å². The Morgan fingerprint density at radius 2 is 2.11 bits per heavy atom. The zero-order valence-corrected chi connectivity index (χ0v) is 10.5. The highest BCUT2D eigenvalue weighted by Gasteiger charge is 2.19. The first-order valence-electron chi connectivity index (χ1n) is 5.99. The van der Waals surface area contributed by atoms with Crippen molar-refractivity contribution >= 4 is 5.91 Å². The van der Waals surface area contributed by atoms with Gasteiger partial charge in [-0.25, -0.2) is 0 Å². The largest absolute Gasteiger partial charge is 0.395 e. The van der Waals surface area contributed by atoms with Crippen LogP contribution >= 0.6 is 0 Å². The quantitative estimate of drug-likeness (QED) is 0.693. The summed E-state index contributed by atoms with van der Waals surface area (Å²) in [6, 6.07) is 9.06. The molecule has 0 spiro atoms. The van der Waals surface area contributed by atoms with Gasteiger partial charge < -0.3 is 15.7 Å². The second-order valence-corrected chi connectivity index (χ2v) is 4.09. The molecule has 0 aliphatic rings. The van der Waals surface area contributed by atoms with Gasteiger partial charge in [0.15, 0.2) is 0 Å². The Labute approximate surface area is 108 Å². The van der Waals surface area contributed by atoms with E-state index in [1.165, 1.54) is 4.90 Å². The third-order valence-electron chi connectivity index (χ3n) is 2.65. The molecule has 98 valence electrons. The van der Waals surface area contributed by atoms with E-state index in [1.807, 2.05) is 30.3 Å². The molecule has 1 rings (SSSR count). The fourth-order valence-corrected chi connectivity index (χ4v) is 1.76. The Morgan fingerprint density at radius 1 is 1.44 bits per heavy atom. The van der Waals surface area contributed by atoms with Crippen LogP contribution in [0.15, 0.2) is 43.0 Å². The summed E-state index contributed by atoms with van der Waals surface area (Å²) in [7, 11) is 0. The number of amides is 1. The second-order valence-electron chi connectivity index (χ2n) is 4.09. The number of carbonyl (C=O) groups excluding carboxylic acids is 1. The Balaban J connectivity index is 2.61. The van der Waals surface area contributed by atoms with E-state index in [2.05, 4.69) is 6.58 Å². The van der Waals surface area contributed by atoms with Crippen LogP contribution in [0.1, 0.15) is 5.56 Å². The molecule has 0 aromatic heterocycles. The molecule has 4 nitrogen and oxygen atoms in total. The average Bonchev–Trinajstić information content (AvgIpc) is 2.39. The highest BCUT2D eigenvalue weighted by molar-refractivity contribution is 5.82. The standard InChI is InChI=1S/C14H20N2O2/c1-2-8-16(9-10-17)14(18)13(15)11-12-6-4-3-5-7-12/h2-7,13,17H,1,8-11,15H2/t13-/m0/s1. The molecular formula is C14H20N2O2. The first kappa shape index (κ1) is 14.4. The van der Waals surface area contributed by atoms with Crippen molar-refractivity contribution in [2.75, 3.05) is 19.7 Å². The lowest BCUT2D eigenvalue weighted by Crippen LogP contribution is -2.46. The SMILES string of the molecule is C=CCN(CCO)C(=O)[C@@H](N)Cc1ccccc1. The molecule has 0 saturated carbocycles. The molecular weight excluding hydrogens is 228 g/mol. The van der Waals surface area contributed by atoms with Crippen LogP contribution in [0.2, 0.25) is 0 Å². The summed E-state index contributed by atoms with van der Waals surface area (Å²) in [6.45, 7) is 4.21. The van der Waals surface area contributed by atoms with E-state index in [4.69, 9.17) is 10.8 Å². The zero-order valence-electron chi connectivity index (χ0n) is 10.5. The zero-order chi connectivity index (χ0) is 13.4. The molecule has 0 fully saturated rings. The normalized spacial score (nSPS) is 11.9. The molecule has 0 bridgehead atoms. The molecule has 0 radical (unpaired) electrons. The molecule has 0 heterocycles. The number of hydrogen-bond acceptors (Lipinski definition) is 3. The van der Waals surface area contributed by atoms with Gasteiger partial charge in [0.25, 0.3) is 0 Å². The van der Waals surface area contributed by atoms with Gasteiger partial charge in [0.2, 0.25) is 5.91 Å². The molecule has 18 heavy (non-hydrogen) atoms. The number of aliphatic hydroxyl groups is 1. The van der Waals surface area contributed by atoms with Crippen LogP contribution in [0.4, 0.5) is 0 Å². The number of nitrogens with two attached hydrogens (primary N) is 1. The lowest BCUT2D eigenvalue weighted by Gasteiger charge is -2.23. The Morgan fingerprint density at radius 3 is 2.67 bits per heavy atom. The van der Waals surface area contributed by atoms with E-state index >= 15 is 0 Å². The summed E-state index contributed by atoms with van der Waals surface area (Å²) in [4.78, 5) is 13.6. The maximum Gasteiger partial charge on any atom is 0.240 e. The number of nitrogens with zero attached hydrogens (tertiary/aromatic N) is 1. The summed E-state index contributed by atoms with van der Waals surface area (Å²) in [5.41, 5.74) is 6.93. The third kappa shape index (κ3) is 4.31. The predicted molar refractivity (Wildman–Crippen MR) is 72.0 cm³/mol. The maximum absolute atomic E-state index is 12.1. The fraction of sp³-hybridized carbons (Fsp3) is 0.357. The van der Waals surface area contributed by atoms with Crippen LogP contribution in [0, 0.1) is 0 Å². The molecule has 1 atom stereocenters. The average molecular weight is 248 g/mol. The predicted octanol–water partition coefficient (Wildman–Crippen LogP) is 0.563. The van der Waals surface area contributed by atoms with Crippen LogP contribution in [-0.4, -0.2) is 41.7 Å². The highest BCUT2D eigenvalue weighted by Crippen LogP contribution is 2.04. The lowest BCUT2D eigenvalue weighted by atomic mass is 10.1. The number of hydrogen-bond donors (Lipinski definition) is 2. The molecule has 1 aromatic carbocycles. The summed E-state index contributed by atoms with van der Waals surface area (Å²) >= 11 is 0. The van der Waals surface area contributed by atoms with Gasteiger partial charge in [-0.15, -0.1) is 6.58 Å². The van der Waals surface area contributed by atoms with E-state index in [9.17, 15) is 4.79 Å². The van der Waals surface area contributed by atoms with Gasteiger partial charge in [-0.05, 0) is 12.0 Å². The lowest BCUT2D eigenvalue weighted by molar-refractivity contribution is -0.132. The first-order valence-corrected chi connectivity index (χ1v) is 5.99. The number of rotatable bonds is 7. The van der Waals surface area contributed by atoms with Crippen molar-refractivity contribution in [3.63, 3.8) is 0 Å². The molecule has 4 heteroatoms. The van der Waals surface area contributed by atoms with Crippen molar-refractivity contribution in [3.8, 4) is 0 Å². The maximum atomic E-state index is 12.1. The molecule has 1 aromatic rings. The molecule has 0 saturated heterocycles. The van der Waals surface area contributed by atoms with Gasteiger partial charge in [-0.2, -0.15) is 0 Å². The van der Waals surface area contributed by atoms with Gasteiger partial charge >= 0.3 is 0 Å². The Bertz CT molecular complexity index is 379. The van der Waals surface area contributed by atoms with E-state index in [1.54, 1.807) is 6.08 Å². The van der Waals surface area contributed by atoms with E-state index in [0.717, 1.165) is 5.56 Å².